The highest BCUT2D eigenvalue weighted by molar-refractivity contribution is 5.77. The normalized spacial score (nSPS) is 16.5. The maximum atomic E-state index is 11.1. The maximum Gasteiger partial charge on any atom is 0.301 e. The zero-order valence-corrected chi connectivity index (χ0v) is 14.8. The molecule has 28 heavy (non-hydrogen) atoms. The number of nitro groups is 2. The van der Waals surface area contributed by atoms with Crippen molar-refractivity contribution in [2.75, 3.05) is 18.6 Å². The van der Waals surface area contributed by atoms with Crippen molar-refractivity contribution in [3.8, 4) is 0 Å². The fraction of sp³-hybridized carbons (Fsp3) is 0.353. The van der Waals surface area contributed by atoms with Gasteiger partial charge in [-0.05, 0) is 31.0 Å². The molecule has 0 bridgehead atoms. The molecule has 1 saturated heterocycles. The van der Waals surface area contributed by atoms with E-state index in [1.165, 1.54) is 12.3 Å². The van der Waals surface area contributed by atoms with Crippen molar-refractivity contribution in [2.45, 2.75) is 25.6 Å². The van der Waals surface area contributed by atoms with E-state index in [9.17, 15) is 20.2 Å². The Morgan fingerprint density at radius 1 is 1.25 bits per heavy atom. The van der Waals surface area contributed by atoms with Gasteiger partial charge in [0.1, 0.15) is 23.8 Å². The number of furan rings is 1. The van der Waals surface area contributed by atoms with Gasteiger partial charge < -0.3 is 13.9 Å². The molecule has 1 aromatic carbocycles. The third-order valence-electron chi connectivity index (χ3n) is 4.02. The van der Waals surface area contributed by atoms with Crippen LogP contribution in [0.3, 0.4) is 0 Å². The van der Waals surface area contributed by atoms with E-state index in [4.69, 9.17) is 13.9 Å². The molecule has 0 spiro atoms. The number of ether oxygens (including phenoxy) is 2. The Bertz CT molecular complexity index is 874. The van der Waals surface area contributed by atoms with Crippen LogP contribution in [0, 0.1) is 20.2 Å². The van der Waals surface area contributed by atoms with E-state index >= 15 is 0 Å². The van der Waals surface area contributed by atoms with Crippen molar-refractivity contribution in [1.29, 1.82) is 0 Å². The van der Waals surface area contributed by atoms with Crippen LogP contribution in [0.4, 0.5) is 17.1 Å². The molecular weight excluding hydrogens is 372 g/mol. The number of non-ortho nitro benzene ring substituents is 1. The third-order valence-corrected chi connectivity index (χ3v) is 4.02. The van der Waals surface area contributed by atoms with Gasteiger partial charge in [0.15, 0.2) is 0 Å². The van der Waals surface area contributed by atoms with E-state index in [1.807, 2.05) is 0 Å². The largest absolute Gasteiger partial charge is 0.458 e. The van der Waals surface area contributed by atoms with Crippen molar-refractivity contribution in [3.63, 3.8) is 0 Å². The number of hydrazone groups is 1. The average molecular weight is 390 g/mol. The number of hydrogen-bond acceptors (Lipinski definition) is 9. The summed E-state index contributed by atoms with van der Waals surface area (Å²) in [5.41, 5.74) is 1.70. The summed E-state index contributed by atoms with van der Waals surface area (Å²) < 4.78 is 16.6. The summed E-state index contributed by atoms with van der Waals surface area (Å²) >= 11 is 0. The maximum absolute atomic E-state index is 11.1. The predicted molar refractivity (Wildman–Crippen MR) is 98.3 cm³/mol. The molecule has 0 amide bonds. The number of anilines is 1. The first kappa shape index (κ1) is 19.5. The molecular formula is C17H18N4O7. The Kier molecular flexibility index (Phi) is 6.29. The van der Waals surface area contributed by atoms with Gasteiger partial charge in [0, 0.05) is 12.7 Å². The molecule has 148 valence electrons. The second kappa shape index (κ2) is 9.06. The van der Waals surface area contributed by atoms with Crippen LogP contribution in [0.25, 0.3) is 0 Å². The molecule has 1 atom stereocenters. The minimum absolute atomic E-state index is 0.0264. The molecule has 11 nitrogen and oxygen atoms in total. The monoisotopic (exact) mass is 390 g/mol. The number of nitrogens with one attached hydrogen (secondary N) is 1. The molecule has 0 unspecified atom stereocenters. The van der Waals surface area contributed by atoms with Gasteiger partial charge >= 0.3 is 5.69 Å². The van der Waals surface area contributed by atoms with Crippen molar-refractivity contribution in [3.05, 3.63) is 62.1 Å². The zero-order valence-electron chi connectivity index (χ0n) is 14.8. The van der Waals surface area contributed by atoms with Crippen molar-refractivity contribution >= 4 is 23.3 Å². The lowest BCUT2D eigenvalue weighted by Gasteiger charge is -2.08. The summed E-state index contributed by atoms with van der Waals surface area (Å²) in [6.07, 6.45) is 3.53. The van der Waals surface area contributed by atoms with Gasteiger partial charge in [0.25, 0.3) is 5.69 Å². The van der Waals surface area contributed by atoms with Crippen LogP contribution in [0.5, 0.6) is 0 Å². The molecule has 1 aliphatic rings. The van der Waals surface area contributed by atoms with E-state index in [-0.39, 0.29) is 17.5 Å². The molecule has 1 N–H and O–H groups in total. The van der Waals surface area contributed by atoms with Crippen LogP contribution in [0.2, 0.25) is 0 Å². The van der Waals surface area contributed by atoms with Crippen molar-refractivity contribution in [1.82, 2.24) is 0 Å². The minimum Gasteiger partial charge on any atom is -0.458 e. The molecule has 2 aromatic rings. The fourth-order valence-electron chi connectivity index (χ4n) is 2.65. The van der Waals surface area contributed by atoms with Gasteiger partial charge in [0.05, 0.1) is 34.8 Å². The smallest absolute Gasteiger partial charge is 0.301 e. The molecule has 3 rings (SSSR count). The summed E-state index contributed by atoms with van der Waals surface area (Å²) in [4.78, 5) is 20.4. The lowest BCUT2D eigenvalue weighted by atomic mass is 10.2. The minimum atomic E-state index is -0.721. The second-order valence-corrected chi connectivity index (χ2v) is 6.04. The van der Waals surface area contributed by atoms with Crippen LogP contribution < -0.4 is 5.43 Å². The van der Waals surface area contributed by atoms with Gasteiger partial charge in [-0.3, -0.25) is 25.7 Å². The second-order valence-electron chi connectivity index (χ2n) is 6.04. The van der Waals surface area contributed by atoms with Gasteiger partial charge in [-0.15, -0.1) is 0 Å². The fourth-order valence-corrected chi connectivity index (χ4v) is 2.65. The Morgan fingerprint density at radius 2 is 2.11 bits per heavy atom. The van der Waals surface area contributed by atoms with Crippen molar-refractivity contribution < 1.29 is 23.7 Å². The predicted octanol–water partition coefficient (Wildman–Crippen LogP) is 3.24. The van der Waals surface area contributed by atoms with Crippen LogP contribution in [0.15, 0.2) is 39.9 Å². The van der Waals surface area contributed by atoms with E-state index < -0.39 is 15.5 Å². The molecule has 1 fully saturated rings. The highest BCUT2D eigenvalue weighted by Crippen LogP contribution is 2.28. The molecule has 1 aliphatic heterocycles. The highest BCUT2D eigenvalue weighted by Gasteiger charge is 2.19. The van der Waals surface area contributed by atoms with Crippen molar-refractivity contribution in [2.24, 2.45) is 5.10 Å². The molecule has 2 heterocycles. The number of benzene rings is 1. The lowest BCUT2D eigenvalue weighted by Crippen LogP contribution is -2.13. The number of rotatable bonds is 9. The third kappa shape index (κ3) is 5.11. The number of nitro benzene ring substituents is 2. The van der Waals surface area contributed by atoms with E-state index in [2.05, 4.69) is 10.5 Å². The Hall–Kier alpha value is -3.31. The molecule has 0 radical (unpaired) electrons. The Balaban J connectivity index is 1.55. The Labute approximate surface area is 159 Å². The number of hydrogen-bond donors (Lipinski definition) is 1. The van der Waals surface area contributed by atoms with Gasteiger partial charge in [-0.25, -0.2) is 0 Å². The molecule has 1 aromatic heterocycles. The topological polar surface area (TPSA) is 142 Å². The number of nitrogens with zero attached hydrogens (tertiary/aromatic N) is 3. The summed E-state index contributed by atoms with van der Waals surface area (Å²) in [6.45, 7) is 1.58. The van der Waals surface area contributed by atoms with E-state index in [0.29, 0.717) is 24.7 Å². The van der Waals surface area contributed by atoms with Gasteiger partial charge in [-0.1, -0.05) is 0 Å². The SMILES string of the molecule is O=[N+]([O-])c1ccc(N/N=C\c2ccc(COC[C@H]3CCCO3)o2)c([N+](=O)[O-])c1. The standard InChI is InChI=1S/C17H18N4O7/c22-20(23)12-3-6-16(17(8-12)21(24)25)19-18-9-13-4-5-15(28-13)11-26-10-14-2-1-7-27-14/h3-6,8-9,14,19H,1-2,7,10-11H2/b18-9-/t14-/m1/s1. The zero-order chi connectivity index (χ0) is 19.9. The summed E-state index contributed by atoms with van der Waals surface area (Å²) in [6, 6.07) is 6.67. The summed E-state index contributed by atoms with van der Waals surface area (Å²) in [7, 11) is 0. The first-order valence-corrected chi connectivity index (χ1v) is 8.53. The van der Waals surface area contributed by atoms with Crippen LogP contribution in [-0.2, 0) is 16.1 Å². The lowest BCUT2D eigenvalue weighted by molar-refractivity contribution is -0.393. The van der Waals surface area contributed by atoms with Crippen LogP contribution in [0.1, 0.15) is 24.4 Å². The summed E-state index contributed by atoms with van der Waals surface area (Å²) in [5.74, 6) is 1.04. The molecule has 11 heteroatoms. The molecule has 0 saturated carbocycles. The average Bonchev–Trinajstić information content (AvgIpc) is 3.34. The van der Waals surface area contributed by atoms with Crippen LogP contribution >= 0.6 is 0 Å². The van der Waals surface area contributed by atoms with Gasteiger partial charge in [0.2, 0.25) is 0 Å². The quantitative estimate of drug-likeness (QED) is 0.390. The van der Waals surface area contributed by atoms with E-state index in [1.54, 1.807) is 12.1 Å². The van der Waals surface area contributed by atoms with Gasteiger partial charge in [-0.2, -0.15) is 5.10 Å². The Morgan fingerprint density at radius 3 is 2.82 bits per heavy atom. The summed E-state index contributed by atoms with van der Waals surface area (Å²) in [5, 5.41) is 25.7. The van der Waals surface area contributed by atoms with Crippen LogP contribution in [-0.4, -0.2) is 35.4 Å². The highest BCUT2D eigenvalue weighted by atomic mass is 16.6. The molecule has 0 aliphatic carbocycles. The first-order chi connectivity index (χ1) is 13.5. The first-order valence-electron chi connectivity index (χ1n) is 8.53. The van der Waals surface area contributed by atoms with E-state index in [0.717, 1.165) is 31.6 Å².